The maximum atomic E-state index is 3.42. The van der Waals surface area contributed by atoms with E-state index in [9.17, 15) is 0 Å². The lowest BCUT2D eigenvalue weighted by Crippen LogP contribution is -1.71. The van der Waals surface area contributed by atoms with Crippen molar-refractivity contribution in [2.45, 2.75) is 11.8 Å². The van der Waals surface area contributed by atoms with Gasteiger partial charge in [0, 0.05) is 21.5 Å². The van der Waals surface area contributed by atoms with Crippen LogP contribution in [0.15, 0.2) is 64.9 Å². The Labute approximate surface area is 117 Å². The van der Waals surface area contributed by atoms with Gasteiger partial charge in [-0.3, -0.25) is 0 Å². The van der Waals surface area contributed by atoms with Gasteiger partial charge in [0.1, 0.15) is 0 Å². The summed E-state index contributed by atoms with van der Waals surface area (Å²) in [5, 5.41) is 3.44. The zero-order chi connectivity index (χ0) is 13.1. The Morgan fingerprint density at radius 1 is 0.947 bits per heavy atom. The van der Waals surface area contributed by atoms with Crippen molar-refractivity contribution in [2.75, 3.05) is 0 Å². The number of rotatable bonds is 3. The third kappa shape index (κ3) is 2.59. The summed E-state index contributed by atoms with van der Waals surface area (Å²) in [5.74, 6) is 0. The molecule has 94 valence electrons. The number of H-pyrrole nitrogens is 1. The van der Waals surface area contributed by atoms with Crippen molar-refractivity contribution < 1.29 is 0 Å². The van der Waals surface area contributed by atoms with Crippen molar-refractivity contribution in [3.05, 3.63) is 71.3 Å². The maximum Gasteiger partial charge on any atom is 0.0467 e. The van der Waals surface area contributed by atoms with Crippen molar-refractivity contribution in [1.82, 2.24) is 4.98 Å². The summed E-state index contributed by atoms with van der Waals surface area (Å²) in [6.45, 7) is 2.12. The van der Waals surface area contributed by atoms with Gasteiger partial charge in [-0.05, 0) is 30.0 Å². The zero-order valence-electron chi connectivity index (χ0n) is 10.8. The van der Waals surface area contributed by atoms with Crippen molar-refractivity contribution in [1.29, 1.82) is 0 Å². The summed E-state index contributed by atoms with van der Waals surface area (Å²) < 4.78 is 0. The minimum Gasteiger partial charge on any atom is -0.358 e. The molecule has 0 amide bonds. The zero-order valence-corrected chi connectivity index (χ0v) is 11.6. The molecule has 3 aromatic rings. The molecule has 1 heterocycles. The molecule has 3 rings (SSSR count). The lowest BCUT2D eigenvalue weighted by Gasteiger charge is -1.96. The van der Waals surface area contributed by atoms with E-state index in [1.165, 1.54) is 27.1 Å². The van der Waals surface area contributed by atoms with Crippen LogP contribution in [0.2, 0.25) is 0 Å². The van der Waals surface area contributed by atoms with E-state index in [0.29, 0.717) is 0 Å². The number of hydrogen-bond acceptors (Lipinski definition) is 1. The number of nitrogens with one attached hydrogen (secondary N) is 1. The molecular formula is C17H15NS. The number of aryl methyl sites for hydroxylation is 1. The molecule has 2 heteroatoms. The second-order valence-corrected chi connectivity index (χ2v) is 5.37. The first-order chi connectivity index (χ1) is 9.34. The Kier molecular flexibility index (Phi) is 3.43. The number of hydrogen-bond donors (Lipinski definition) is 1. The average Bonchev–Trinajstić information content (AvgIpc) is 2.76. The van der Waals surface area contributed by atoms with Gasteiger partial charge < -0.3 is 4.98 Å². The molecule has 1 nitrogen and oxygen atoms in total. The molecular weight excluding hydrogens is 250 g/mol. The van der Waals surface area contributed by atoms with Gasteiger partial charge in [0.15, 0.2) is 0 Å². The molecule has 0 aliphatic carbocycles. The number of fused-ring (bicyclic) bond motifs is 1. The minimum absolute atomic E-state index is 1.20. The highest BCUT2D eigenvalue weighted by molar-refractivity contribution is 8.02. The summed E-state index contributed by atoms with van der Waals surface area (Å²) in [7, 11) is 0. The van der Waals surface area contributed by atoms with Gasteiger partial charge in [-0.15, -0.1) is 0 Å². The molecule has 0 aliphatic rings. The predicted molar refractivity (Wildman–Crippen MR) is 84.4 cm³/mol. The van der Waals surface area contributed by atoms with Crippen LogP contribution in [-0.2, 0) is 0 Å². The molecule has 0 saturated carbocycles. The topological polar surface area (TPSA) is 15.8 Å². The fourth-order valence-electron chi connectivity index (χ4n) is 2.15. The van der Waals surface area contributed by atoms with Crippen LogP contribution in [0.5, 0.6) is 0 Å². The summed E-state index contributed by atoms with van der Waals surface area (Å²) in [6, 6.07) is 18.8. The molecule has 0 aliphatic heterocycles. The molecule has 1 N–H and O–H groups in total. The van der Waals surface area contributed by atoms with Crippen molar-refractivity contribution >= 4 is 28.7 Å². The number of thioether (sulfide) groups is 1. The lowest BCUT2D eigenvalue weighted by atomic mass is 10.2. The first kappa shape index (κ1) is 12.1. The smallest absolute Gasteiger partial charge is 0.0467 e. The SMILES string of the molecule is Cc1[nH]c2ccccc2c1SC=Cc1ccccc1. The van der Waals surface area contributed by atoms with Crippen LogP contribution in [0.1, 0.15) is 11.3 Å². The average molecular weight is 265 g/mol. The largest absolute Gasteiger partial charge is 0.358 e. The van der Waals surface area contributed by atoms with E-state index in [0.717, 1.165) is 0 Å². The van der Waals surface area contributed by atoms with E-state index in [-0.39, 0.29) is 0 Å². The van der Waals surface area contributed by atoms with Crippen LogP contribution >= 0.6 is 11.8 Å². The van der Waals surface area contributed by atoms with E-state index < -0.39 is 0 Å². The van der Waals surface area contributed by atoms with Crippen molar-refractivity contribution in [3.8, 4) is 0 Å². The lowest BCUT2D eigenvalue weighted by molar-refractivity contribution is 1.23. The van der Waals surface area contributed by atoms with Gasteiger partial charge in [-0.1, -0.05) is 60.3 Å². The second kappa shape index (κ2) is 5.37. The van der Waals surface area contributed by atoms with Crippen LogP contribution in [-0.4, -0.2) is 4.98 Å². The molecule has 19 heavy (non-hydrogen) atoms. The van der Waals surface area contributed by atoms with Gasteiger partial charge in [0.05, 0.1) is 0 Å². The summed E-state index contributed by atoms with van der Waals surface area (Å²) >= 11 is 1.77. The first-order valence-electron chi connectivity index (χ1n) is 6.30. The maximum absolute atomic E-state index is 3.42. The Morgan fingerprint density at radius 3 is 2.53 bits per heavy atom. The quantitative estimate of drug-likeness (QED) is 0.640. The van der Waals surface area contributed by atoms with Crippen LogP contribution in [0.4, 0.5) is 0 Å². The molecule has 0 saturated heterocycles. The van der Waals surface area contributed by atoms with Gasteiger partial charge in [-0.25, -0.2) is 0 Å². The normalized spacial score (nSPS) is 11.4. The summed E-state index contributed by atoms with van der Waals surface area (Å²) in [5.41, 5.74) is 3.66. The van der Waals surface area contributed by atoms with Crippen LogP contribution in [0, 0.1) is 6.92 Å². The first-order valence-corrected chi connectivity index (χ1v) is 7.18. The van der Waals surface area contributed by atoms with Crippen molar-refractivity contribution in [3.63, 3.8) is 0 Å². The molecule has 0 fully saturated rings. The molecule has 0 unspecified atom stereocenters. The Morgan fingerprint density at radius 2 is 1.68 bits per heavy atom. The van der Waals surface area contributed by atoms with E-state index in [4.69, 9.17) is 0 Å². The molecule has 0 atom stereocenters. The molecule has 0 radical (unpaired) electrons. The molecule has 0 spiro atoms. The van der Waals surface area contributed by atoms with Crippen LogP contribution in [0.25, 0.3) is 17.0 Å². The highest BCUT2D eigenvalue weighted by Gasteiger charge is 2.06. The summed E-state index contributed by atoms with van der Waals surface area (Å²) in [6.07, 6.45) is 2.14. The van der Waals surface area contributed by atoms with E-state index >= 15 is 0 Å². The molecule has 1 aromatic heterocycles. The second-order valence-electron chi connectivity index (χ2n) is 4.46. The fraction of sp³-hybridized carbons (Fsp3) is 0.0588. The van der Waals surface area contributed by atoms with Gasteiger partial charge in [0.2, 0.25) is 0 Å². The van der Waals surface area contributed by atoms with E-state index in [1.807, 2.05) is 6.07 Å². The number of para-hydroxylation sites is 1. The molecule has 2 aromatic carbocycles. The fourth-order valence-corrected chi connectivity index (χ4v) is 3.04. The minimum atomic E-state index is 1.20. The highest BCUT2D eigenvalue weighted by atomic mass is 32.2. The standard InChI is InChI=1S/C17H15NS/c1-13-17(15-9-5-6-10-16(15)18-13)19-12-11-14-7-3-2-4-8-14/h2-12,18H,1H3. The monoisotopic (exact) mass is 265 g/mol. The van der Waals surface area contributed by atoms with E-state index in [1.54, 1.807) is 11.8 Å². The van der Waals surface area contributed by atoms with Crippen molar-refractivity contribution in [2.24, 2.45) is 0 Å². The molecule has 0 bridgehead atoms. The third-order valence-corrected chi connectivity index (χ3v) is 4.11. The number of benzene rings is 2. The Hall–Kier alpha value is -1.93. The highest BCUT2D eigenvalue weighted by Crippen LogP contribution is 2.32. The number of aromatic amines is 1. The van der Waals surface area contributed by atoms with Gasteiger partial charge in [-0.2, -0.15) is 0 Å². The van der Waals surface area contributed by atoms with Gasteiger partial charge >= 0.3 is 0 Å². The summed E-state index contributed by atoms with van der Waals surface area (Å²) in [4.78, 5) is 4.73. The Bertz CT molecular complexity index is 710. The number of aromatic nitrogens is 1. The third-order valence-electron chi connectivity index (χ3n) is 3.08. The predicted octanol–water partition coefficient (Wildman–Crippen LogP) is 5.24. The van der Waals surface area contributed by atoms with Crippen LogP contribution in [0.3, 0.4) is 0 Å². The van der Waals surface area contributed by atoms with E-state index in [2.05, 4.69) is 71.9 Å². The van der Waals surface area contributed by atoms with Gasteiger partial charge in [0.25, 0.3) is 0 Å². The Balaban J connectivity index is 1.86. The van der Waals surface area contributed by atoms with Crippen LogP contribution < -0.4 is 0 Å².